The maximum absolute atomic E-state index is 6.74. The predicted molar refractivity (Wildman–Crippen MR) is 135 cm³/mol. The largest absolute Gasteiger partial charge is 0.494 e. The van der Waals surface area contributed by atoms with Gasteiger partial charge in [0.2, 0.25) is 0 Å². The van der Waals surface area contributed by atoms with Gasteiger partial charge < -0.3 is 26.1 Å². The van der Waals surface area contributed by atoms with Crippen molar-refractivity contribution in [3.05, 3.63) is 42.9 Å². The van der Waals surface area contributed by atoms with Crippen LogP contribution in [0.2, 0.25) is 0 Å². The van der Waals surface area contributed by atoms with Crippen LogP contribution in [0.15, 0.2) is 42.9 Å². The first-order chi connectivity index (χ1) is 16.5. The number of nitrogens with one attached hydrogen (secondary N) is 1. The second-order valence-electron chi connectivity index (χ2n) is 9.29. The monoisotopic (exact) mass is 456 g/mol. The van der Waals surface area contributed by atoms with Crippen LogP contribution in [0, 0.1) is 0 Å². The van der Waals surface area contributed by atoms with Crippen LogP contribution >= 0.6 is 0 Å². The van der Waals surface area contributed by atoms with Gasteiger partial charge in [-0.15, -0.1) is 0 Å². The highest BCUT2D eigenvalue weighted by Gasteiger charge is 2.49. The molecule has 0 radical (unpaired) electrons. The van der Waals surface area contributed by atoms with Crippen LogP contribution in [0.25, 0.3) is 33.7 Å². The van der Waals surface area contributed by atoms with E-state index in [9.17, 15) is 0 Å². The Labute approximate surface area is 197 Å². The standard InChI is InChI=1S/C25H28N8O/c1-32-10-4-8-25(32)12-33(13-25)17-11-18(34-2)21(27)19(20(17)26)24-30-14-29-23(31-24)16-6-3-5-15-7-9-28-22(15)16/h3,5-7,9,11,14,28H,4,8,10,12-13,26-27H2,1-2H3. The fraction of sp³-hybridized carbons (Fsp3) is 0.320. The van der Waals surface area contributed by atoms with Crippen LogP contribution < -0.4 is 21.1 Å². The van der Waals surface area contributed by atoms with Crippen LogP contribution in [0.5, 0.6) is 5.75 Å². The molecule has 9 nitrogen and oxygen atoms in total. The van der Waals surface area contributed by atoms with Crippen molar-refractivity contribution in [3.63, 3.8) is 0 Å². The van der Waals surface area contributed by atoms with E-state index in [-0.39, 0.29) is 5.54 Å². The minimum atomic E-state index is 0.232. The third kappa shape index (κ3) is 3.00. The summed E-state index contributed by atoms with van der Waals surface area (Å²) in [6.45, 7) is 3.00. The van der Waals surface area contributed by atoms with Crippen molar-refractivity contribution in [1.29, 1.82) is 0 Å². The molecule has 9 heteroatoms. The van der Waals surface area contributed by atoms with Gasteiger partial charge in [0.05, 0.1) is 40.8 Å². The van der Waals surface area contributed by atoms with Gasteiger partial charge in [0.1, 0.15) is 12.1 Å². The fourth-order valence-electron chi connectivity index (χ4n) is 5.47. The zero-order chi connectivity index (χ0) is 23.4. The lowest BCUT2D eigenvalue weighted by Crippen LogP contribution is -2.67. The fourth-order valence-corrected chi connectivity index (χ4v) is 5.47. The average molecular weight is 457 g/mol. The van der Waals surface area contributed by atoms with E-state index >= 15 is 0 Å². The third-order valence-corrected chi connectivity index (χ3v) is 7.45. The Morgan fingerprint density at radius 1 is 1.09 bits per heavy atom. The number of likely N-dealkylation sites (tertiary alicyclic amines) is 1. The molecule has 0 amide bonds. The number of nitrogens with two attached hydrogens (primary N) is 2. The number of anilines is 3. The summed E-state index contributed by atoms with van der Waals surface area (Å²) in [5.74, 6) is 1.54. The number of hydrogen-bond acceptors (Lipinski definition) is 8. The number of methoxy groups -OCH3 is 1. The van der Waals surface area contributed by atoms with Crippen LogP contribution in [0.1, 0.15) is 12.8 Å². The van der Waals surface area contributed by atoms with Crippen molar-refractivity contribution < 1.29 is 4.74 Å². The van der Waals surface area contributed by atoms with Crippen LogP contribution in [0.4, 0.5) is 17.1 Å². The van der Waals surface area contributed by atoms with Crippen molar-refractivity contribution >= 4 is 28.0 Å². The summed E-state index contributed by atoms with van der Waals surface area (Å²) in [6.07, 6.45) is 5.85. The van der Waals surface area contributed by atoms with E-state index < -0.39 is 0 Å². The molecule has 6 rings (SSSR count). The van der Waals surface area contributed by atoms with Crippen molar-refractivity contribution in [3.8, 4) is 28.5 Å². The van der Waals surface area contributed by atoms with E-state index in [1.54, 1.807) is 7.11 Å². The van der Waals surface area contributed by atoms with Gasteiger partial charge in [0.25, 0.3) is 0 Å². The van der Waals surface area contributed by atoms with Crippen LogP contribution in [-0.4, -0.2) is 64.2 Å². The Hall–Kier alpha value is -3.85. The normalized spacial score (nSPS) is 17.4. The number of aromatic amines is 1. The Morgan fingerprint density at radius 2 is 1.91 bits per heavy atom. The summed E-state index contributed by atoms with van der Waals surface area (Å²) >= 11 is 0. The van der Waals surface area contributed by atoms with Gasteiger partial charge in [-0.25, -0.2) is 15.0 Å². The van der Waals surface area contributed by atoms with Crippen LogP contribution in [-0.2, 0) is 0 Å². The lowest BCUT2D eigenvalue weighted by atomic mass is 9.86. The number of nitrogens with zero attached hydrogens (tertiary/aromatic N) is 5. The quantitative estimate of drug-likeness (QED) is 0.400. The minimum Gasteiger partial charge on any atom is -0.494 e. The molecule has 2 fully saturated rings. The molecular formula is C25H28N8O. The number of hydrogen-bond donors (Lipinski definition) is 3. The molecule has 174 valence electrons. The molecule has 5 N–H and O–H groups in total. The van der Waals surface area contributed by atoms with E-state index in [0.29, 0.717) is 34.3 Å². The molecule has 4 heterocycles. The molecule has 0 bridgehead atoms. The molecule has 4 aromatic rings. The Kier molecular flexibility index (Phi) is 4.63. The third-order valence-electron chi connectivity index (χ3n) is 7.45. The molecule has 0 aliphatic carbocycles. The summed E-state index contributed by atoms with van der Waals surface area (Å²) in [5.41, 5.74) is 17.8. The SMILES string of the molecule is COc1cc(N2CC3(CCCN3C)C2)c(N)c(-c2ncnc(-c3cccc4cc[nH]c34)n2)c1N. The van der Waals surface area contributed by atoms with E-state index in [1.807, 2.05) is 36.5 Å². The summed E-state index contributed by atoms with van der Waals surface area (Å²) < 4.78 is 5.63. The first-order valence-corrected chi connectivity index (χ1v) is 11.5. The van der Waals surface area contributed by atoms with E-state index in [2.05, 4.69) is 31.8 Å². The molecular weight excluding hydrogens is 428 g/mol. The Bertz CT molecular complexity index is 1390. The highest BCUT2D eigenvalue weighted by Crippen LogP contribution is 2.47. The second-order valence-corrected chi connectivity index (χ2v) is 9.29. The molecule has 1 spiro atoms. The molecule has 2 aliphatic heterocycles. The molecule has 2 aromatic carbocycles. The van der Waals surface area contributed by atoms with Gasteiger partial charge in [-0.05, 0) is 38.6 Å². The number of aromatic nitrogens is 4. The topological polar surface area (TPSA) is 122 Å². The lowest BCUT2D eigenvalue weighted by molar-refractivity contribution is 0.133. The van der Waals surface area contributed by atoms with Gasteiger partial charge in [-0.3, -0.25) is 4.90 Å². The second kappa shape index (κ2) is 7.59. The summed E-state index contributed by atoms with van der Waals surface area (Å²) in [7, 11) is 3.82. The number of likely N-dealkylation sites (N-methyl/N-ethyl adjacent to an activating group) is 1. The van der Waals surface area contributed by atoms with Gasteiger partial charge in [0.15, 0.2) is 11.6 Å². The summed E-state index contributed by atoms with van der Waals surface area (Å²) in [5, 5.41) is 1.09. The summed E-state index contributed by atoms with van der Waals surface area (Å²) in [6, 6.07) is 9.97. The average Bonchev–Trinajstić information content (AvgIpc) is 3.45. The number of H-pyrrole nitrogens is 1. The van der Waals surface area contributed by atoms with E-state index in [0.717, 1.165) is 41.8 Å². The first-order valence-electron chi connectivity index (χ1n) is 11.5. The maximum atomic E-state index is 6.74. The minimum absolute atomic E-state index is 0.232. The van der Waals surface area contributed by atoms with E-state index in [1.165, 1.54) is 19.2 Å². The zero-order valence-corrected chi connectivity index (χ0v) is 19.4. The predicted octanol–water partition coefficient (Wildman–Crippen LogP) is 3.14. The number of benzene rings is 2. The number of nitrogen functional groups attached to an aromatic ring is 2. The zero-order valence-electron chi connectivity index (χ0n) is 19.4. The molecule has 0 unspecified atom stereocenters. The lowest BCUT2D eigenvalue weighted by Gasteiger charge is -2.53. The number of rotatable bonds is 4. The summed E-state index contributed by atoms with van der Waals surface area (Å²) in [4.78, 5) is 21.7. The van der Waals surface area contributed by atoms with Crippen molar-refractivity contribution in [2.45, 2.75) is 18.4 Å². The smallest absolute Gasteiger partial charge is 0.167 e. The molecule has 0 atom stereocenters. The number of para-hydroxylation sites is 1. The molecule has 2 aromatic heterocycles. The van der Waals surface area contributed by atoms with Gasteiger partial charge in [-0.2, -0.15) is 0 Å². The van der Waals surface area contributed by atoms with Gasteiger partial charge in [-0.1, -0.05) is 12.1 Å². The first kappa shape index (κ1) is 20.7. The Morgan fingerprint density at radius 3 is 2.68 bits per heavy atom. The van der Waals surface area contributed by atoms with Gasteiger partial charge >= 0.3 is 0 Å². The van der Waals surface area contributed by atoms with Crippen LogP contribution in [0.3, 0.4) is 0 Å². The maximum Gasteiger partial charge on any atom is 0.167 e. The molecule has 34 heavy (non-hydrogen) atoms. The Balaban J connectivity index is 1.44. The highest BCUT2D eigenvalue weighted by molar-refractivity contribution is 5.96. The number of fused-ring (bicyclic) bond motifs is 1. The van der Waals surface area contributed by atoms with E-state index in [4.69, 9.17) is 21.2 Å². The van der Waals surface area contributed by atoms with Crippen molar-refractivity contribution in [1.82, 2.24) is 24.8 Å². The number of ether oxygens (including phenoxy) is 1. The molecule has 2 saturated heterocycles. The molecule has 0 saturated carbocycles. The molecule has 2 aliphatic rings. The van der Waals surface area contributed by atoms with Crippen molar-refractivity contribution in [2.75, 3.05) is 50.2 Å². The highest BCUT2D eigenvalue weighted by atomic mass is 16.5. The van der Waals surface area contributed by atoms with Gasteiger partial charge in [0, 0.05) is 36.3 Å². The van der Waals surface area contributed by atoms with Crippen molar-refractivity contribution in [2.24, 2.45) is 0 Å².